The summed E-state index contributed by atoms with van der Waals surface area (Å²) in [4.78, 5) is 14.2. The highest BCUT2D eigenvalue weighted by Gasteiger charge is 2.20. The smallest absolute Gasteiger partial charge is 0.239 e. The van der Waals surface area contributed by atoms with Crippen molar-refractivity contribution in [1.29, 1.82) is 0 Å². The maximum Gasteiger partial charge on any atom is 0.239 e. The first-order chi connectivity index (χ1) is 11.1. The number of likely N-dealkylation sites (tertiary alicyclic amines) is 1. The van der Waals surface area contributed by atoms with Gasteiger partial charge < -0.3 is 14.8 Å². The normalized spacial score (nSPS) is 16.6. The molecule has 0 aromatic carbocycles. The summed E-state index contributed by atoms with van der Waals surface area (Å²) in [6, 6.07) is 5.50. The molecule has 2 aromatic rings. The molecule has 7 nitrogen and oxygen atoms in total. The van der Waals surface area contributed by atoms with Gasteiger partial charge in [0.1, 0.15) is 11.5 Å². The highest BCUT2D eigenvalue weighted by atomic mass is 16.3. The summed E-state index contributed by atoms with van der Waals surface area (Å²) in [5.74, 6) is 2.30. The van der Waals surface area contributed by atoms with E-state index in [0.717, 1.165) is 37.4 Å². The molecular weight excluding hydrogens is 296 g/mol. The summed E-state index contributed by atoms with van der Waals surface area (Å²) < 4.78 is 5.52. The molecule has 1 saturated heterocycles. The van der Waals surface area contributed by atoms with E-state index in [1.165, 1.54) is 0 Å². The van der Waals surface area contributed by atoms with Gasteiger partial charge in [0.2, 0.25) is 5.91 Å². The molecule has 0 atom stereocenters. The molecule has 0 aliphatic carbocycles. The first kappa shape index (κ1) is 15.8. The number of aromatic amines is 1. The molecule has 3 heterocycles. The number of rotatable bonds is 5. The molecule has 23 heavy (non-hydrogen) atoms. The van der Waals surface area contributed by atoms with Gasteiger partial charge in [0.25, 0.3) is 0 Å². The minimum Gasteiger partial charge on any atom is -0.460 e. The minimum absolute atomic E-state index is 0.0823. The van der Waals surface area contributed by atoms with Crippen LogP contribution in [-0.2, 0) is 4.79 Å². The number of nitrogens with one attached hydrogen (secondary N) is 2. The molecule has 0 unspecified atom stereocenters. The van der Waals surface area contributed by atoms with Crippen molar-refractivity contribution in [2.24, 2.45) is 5.92 Å². The number of aliphatic hydroxyl groups is 1. The van der Waals surface area contributed by atoms with Gasteiger partial charge in [0.15, 0.2) is 11.6 Å². The molecule has 2 aromatic heterocycles. The van der Waals surface area contributed by atoms with Gasteiger partial charge in [-0.25, -0.2) is 0 Å². The molecule has 1 amide bonds. The van der Waals surface area contributed by atoms with Crippen molar-refractivity contribution in [1.82, 2.24) is 15.1 Å². The molecule has 7 heteroatoms. The lowest BCUT2D eigenvalue weighted by Gasteiger charge is -2.30. The quantitative estimate of drug-likeness (QED) is 0.779. The van der Waals surface area contributed by atoms with Crippen LogP contribution in [0.25, 0.3) is 11.5 Å². The van der Waals surface area contributed by atoms with Crippen LogP contribution in [0.1, 0.15) is 18.6 Å². The number of hydrogen-bond acceptors (Lipinski definition) is 5. The molecule has 0 bridgehead atoms. The number of piperidine rings is 1. The zero-order valence-corrected chi connectivity index (χ0v) is 13.2. The van der Waals surface area contributed by atoms with Crippen molar-refractivity contribution in [3.8, 4) is 11.5 Å². The van der Waals surface area contributed by atoms with Crippen LogP contribution < -0.4 is 5.32 Å². The van der Waals surface area contributed by atoms with E-state index in [0.29, 0.717) is 24.0 Å². The third kappa shape index (κ3) is 4.00. The van der Waals surface area contributed by atoms with Crippen molar-refractivity contribution >= 4 is 11.7 Å². The van der Waals surface area contributed by atoms with E-state index >= 15 is 0 Å². The van der Waals surface area contributed by atoms with Crippen molar-refractivity contribution < 1.29 is 14.3 Å². The van der Waals surface area contributed by atoms with Crippen molar-refractivity contribution in [2.75, 3.05) is 31.6 Å². The Morgan fingerprint density at radius 2 is 2.26 bits per heavy atom. The van der Waals surface area contributed by atoms with E-state index in [1.807, 2.05) is 19.1 Å². The summed E-state index contributed by atoms with van der Waals surface area (Å²) in [5.41, 5.74) is 0.733. The number of aliphatic hydroxyl groups excluding tert-OH is 1. The summed E-state index contributed by atoms with van der Waals surface area (Å²) in [6.07, 6.45) is 1.88. The van der Waals surface area contributed by atoms with Crippen molar-refractivity contribution in [3.63, 3.8) is 0 Å². The summed E-state index contributed by atoms with van der Waals surface area (Å²) in [7, 11) is 0. The van der Waals surface area contributed by atoms with Crippen LogP contribution in [-0.4, -0.2) is 52.4 Å². The van der Waals surface area contributed by atoms with E-state index in [1.54, 1.807) is 6.07 Å². The Labute approximate surface area is 134 Å². The van der Waals surface area contributed by atoms with Gasteiger partial charge in [-0.2, -0.15) is 5.10 Å². The van der Waals surface area contributed by atoms with Gasteiger partial charge in [-0.1, -0.05) is 0 Å². The molecule has 0 saturated carbocycles. The second-order valence-electron chi connectivity index (χ2n) is 6.03. The number of carbonyl (C=O) groups is 1. The fraction of sp³-hybridized carbons (Fsp3) is 0.500. The average Bonchev–Trinajstić information content (AvgIpc) is 3.17. The number of furan rings is 1. The van der Waals surface area contributed by atoms with Gasteiger partial charge in [0, 0.05) is 12.7 Å². The Hall–Kier alpha value is -2.12. The van der Waals surface area contributed by atoms with E-state index in [-0.39, 0.29) is 12.5 Å². The lowest BCUT2D eigenvalue weighted by molar-refractivity contribution is -0.117. The Bertz CT molecular complexity index is 656. The Morgan fingerprint density at radius 3 is 2.91 bits per heavy atom. The van der Waals surface area contributed by atoms with Crippen LogP contribution in [0, 0.1) is 12.8 Å². The molecule has 0 spiro atoms. The van der Waals surface area contributed by atoms with Gasteiger partial charge in [-0.15, -0.1) is 0 Å². The number of aryl methyl sites for hydroxylation is 1. The number of nitrogens with zero attached hydrogens (tertiary/aromatic N) is 2. The fourth-order valence-electron chi connectivity index (χ4n) is 2.80. The van der Waals surface area contributed by atoms with E-state index in [4.69, 9.17) is 9.52 Å². The number of amides is 1. The van der Waals surface area contributed by atoms with Gasteiger partial charge >= 0.3 is 0 Å². The van der Waals surface area contributed by atoms with E-state index in [2.05, 4.69) is 20.4 Å². The molecule has 3 rings (SSSR count). The van der Waals surface area contributed by atoms with Crippen LogP contribution in [0.5, 0.6) is 0 Å². The van der Waals surface area contributed by atoms with Crippen LogP contribution in [0.4, 0.5) is 5.82 Å². The first-order valence-electron chi connectivity index (χ1n) is 7.89. The molecule has 1 aliphatic rings. The Kier molecular flexibility index (Phi) is 4.78. The zero-order chi connectivity index (χ0) is 16.2. The number of hydrogen-bond donors (Lipinski definition) is 3. The van der Waals surface area contributed by atoms with E-state index < -0.39 is 0 Å². The van der Waals surface area contributed by atoms with Gasteiger partial charge in [-0.05, 0) is 50.9 Å². The SMILES string of the molecule is Cc1ccc(-c2cc(NC(=O)CN3CCC(CO)CC3)n[nH]2)o1. The average molecular weight is 318 g/mol. The van der Waals surface area contributed by atoms with E-state index in [9.17, 15) is 4.79 Å². The zero-order valence-electron chi connectivity index (χ0n) is 13.2. The maximum absolute atomic E-state index is 12.1. The van der Waals surface area contributed by atoms with Crippen LogP contribution in [0.15, 0.2) is 22.6 Å². The van der Waals surface area contributed by atoms with Crippen LogP contribution in [0.2, 0.25) is 0 Å². The Balaban J connectivity index is 1.51. The third-order valence-corrected chi connectivity index (χ3v) is 4.18. The predicted octanol–water partition coefficient (Wildman–Crippen LogP) is 1.62. The highest BCUT2D eigenvalue weighted by Crippen LogP contribution is 2.22. The highest BCUT2D eigenvalue weighted by molar-refractivity contribution is 5.91. The fourth-order valence-corrected chi connectivity index (χ4v) is 2.80. The Morgan fingerprint density at radius 1 is 1.48 bits per heavy atom. The third-order valence-electron chi connectivity index (χ3n) is 4.18. The molecule has 0 radical (unpaired) electrons. The number of aromatic nitrogens is 2. The molecule has 1 fully saturated rings. The van der Waals surface area contributed by atoms with Crippen LogP contribution >= 0.6 is 0 Å². The maximum atomic E-state index is 12.1. The van der Waals surface area contributed by atoms with Crippen LogP contribution in [0.3, 0.4) is 0 Å². The molecule has 3 N–H and O–H groups in total. The van der Waals surface area contributed by atoms with Crippen molar-refractivity contribution in [2.45, 2.75) is 19.8 Å². The molecular formula is C16H22N4O3. The lowest BCUT2D eigenvalue weighted by Crippen LogP contribution is -2.39. The molecule has 124 valence electrons. The second kappa shape index (κ2) is 6.97. The predicted molar refractivity (Wildman–Crippen MR) is 85.9 cm³/mol. The number of H-pyrrole nitrogens is 1. The van der Waals surface area contributed by atoms with Gasteiger partial charge in [-0.3, -0.25) is 14.8 Å². The molecule has 1 aliphatic heterocycles. The number of anilines is 1. The number of carbonyl (C=O) groups excluding carboxylic acids is 1. The van der Waals surface area contributed by atoms with Gasteiger partial charge in [0.05, 0.1) is 6.54 Å². The lowest BCUT2D eigenvalue weighted by atomic mass is 9.98. The summed E-state index contributed by atoms with van der Waals surface area (Å²) in [6.45, 7) is 4.15. The standard InChI is InChI=1S/C16H22N4O3/c1-11-2-3-14(23-11)13-8-15(19-18-13)17-16(22)9-20-6-4-12(10-21)5-7-20/h2-3,8,12,21H,4-7,9-10H2,1H3,(H2,17,18,19,22). The summed E-state index contributed by atoms with van der Waals surface area (Å²) >= 11 is 0. The topological polar surface area (TPSA) is 94.4 Å². The first-order valence-corrected chi connectivity index (χ1v) is 7.89. The largest absolute Gasteiger partial charge is 0.460 e. The summed E-state index contributed by atoms with van der Waals surface area (Å²) in [5, 5.41) is 18.9. The second-order valence-corrected chi connectivity index (χ2v) is 6.03. The monoisotopic (exact) mass is 318 g/mol. The van der Waals surface area contributed by atoms with Crippen molar-refractivity contribution in [3.05, 3.63) is 24.0 Å². The minimum atomic E-state index is -0.0823.